The molecule has 4 rings (SSSR count). The smallest absolute Gasteiger partial charge is 0.418 e. The summed E-state index contributed by atoms with van der Waals surface area (Å²) in [4.78, 5) is 18.5. The zero-order chi connectivity index (χ0) is 28.4. The highest BCUT2D eigenvalue weighted by Gasteiger charge is 2.28. The van der Waals surface area contributed by atoms with Crippen molar-refractivity contribution >= 4 is 32.9 Å². The lowest BCUT2D eigenvalue weighted by Crippen LogP contribution is -2.24. The molecule has 0 radical (unpaired) electrons. The molecule has 0 fully saturated rings. The first kappa shape index (κ1) is 27.9. The molecule has 0 aliphatic heterocycles. The second kappa shape index (κ2) is 10.9. The summed E-state index contributed by atoms with van der Waals surface area (Å²) < 4.78 is 31.2. The first-order valence-corrected chi connectivity index (χ1v) is 13.8. The summed E-state index contributed by atoms with van der Waals surface area (Å²) in [7, 11) is -1.98. The molecule has 4 aromatic rings. The summed E-state index contributed by atoms with van der Waals surface area (Å²) in [6.07, 6.45) is 0.436. The summed E-state index contributed by atoms with van der Waals surface area (Å²) in [6, 6.07) is 17.6. The van der Waals surface area contributed by atoms with Gasteiger partial charge in [-0.05, 0) is 66.8 Å². The van der Waals surface area contributed by atoms with E-state index in [1.165, 1.54) is 12.1 Å². The molecule has 2 heterocycles. The monoisotopic (exact) mass is 545 g/mol. The van der Waals surface area contributed by atoms with E-state index in [2.05, 4.69) is 16.8 Å². The van der Waals surface area contributed by atoms with Crippen molar-refractivity contribution in [1.29, 1.82) is 0 Å². The van der Waals surface area contributed by atoms with Crippen molar-refractivity contribution in [3.63, 3.8) is 0 Å². The van der Waals surface area contributed by atoms with E-state index in [0.717, 1.165) is 26.8 Å². The van der Waals surface area contributed by atoms with E-state index in [9.17, 15) is 18.3 Å². The summed E-state index contributed by atoms with van der Waals surface area (Å²) in [6.45, 7) is 8.30. The number of fused-ring (bicyclic) bond motifs is 1. The van der Waals surface area contributed by atoms with E-state index < -0.39 is 16.2 Å². The minimum absolute atomic E-state index is 0.00236. The number of aromatic nitrogens is 2. The Labute approximate surface area is 229 Å². The SMILES string of the molecule is Cc1ccc(S(=O)(=O)OCCN(C)c2ccc(C#Cc3c(C(C)(C)C)c4cccnc4n3C(=O)O)cc2)cc1. The Hall–Kier alpha value is -4.13. The maximum absolute atomic E-state index is 12.4. The number of hydrogen-bond donors (Lipinski definition) is 1. The first-order valence-electron chi connectivity index (χ1n) is 12.4. The summed E-state index contributed by atoms with van der Waals surface area (Å²) in [5.74, 6) is 6.18. The fraction of sp³-hybridized carbons (Fsp3) is 0.267. The number of rotatable bonds is 6. The lowest BCUT2D eigenvalue weighted by atomic mass is 9.85. The molecule has 0 amide bonds. The Kier molecular flexibility index (Phi) is 7.82. The third-order valence-corrected chi connectivity index (χ3v) is 7.60. The number of benzene rings is 2. The van der Waals surface area contributed by atoms with E-state index >= 15 is 0 Å². The molecule has 1 N–H and O–H groups in total. The average Bonchev–Trinajstić information content (AvgIpc) is 3.23. The van der Waals surface area contributed by atoms with Crippen molar-refractivity contribution in [2.75, 3.05) is 25.1 Å². The van der Waals surface area contributed by atoms with Crippen LogP contribution in [0.15, 0.2) is 71.8 Å². The fourth-order valence-electron chi connectivity index (χ4n) is 4.30. The van der Waals surface area contributed by atoms with Crippen molar-refractivity contribution in [2.24, 2.45) is 0 Å². The molecule has 0 aliphatic carbocycles. The molecule has 0 bridgehead atoms. The van der Waals surface area contributed by atoms with Gasteiger partial charge in [0.1, 0.15) is 5.69 Å². The molecule has 0 saturated carbocycles. The van der Waals surface area contributed by atoms with Crippen LogP contribution in [0.3, 0.4) is 0 Å². The highest BCUT2D eigenvalue weighted by molar-refractivity contribution is 7.86. The molecule has 0 aliphatic rings. The summed E-state index contributed by atoms with van der Waals surface area (Å²) in [5.41, 5.74) is 3.78. The molecular formula is C30H31N3O5S. The van der Waals surface area contributed by atoms with Gasteiger partial charge in [-0.2, -0.15) is 8.42 Å². The van der Waals surface area contributed by atoms with Gasteiger partial charge >= 0.3 is 6.09 Å². The number of likely N-dealkylation sites (N-methyl/N-ethyl adjacent to an activating group) is 1. The van der Waals surface area contributed by atoms with E-state index in [4.69, 9.17) is 4.18 Å². The molecule has 8 nitrogen and oxygen atoms in total. The quantitative estimate of drug-likeness (QED) is 0.255. The molecule has 0 saturated heterocycles. The number of pyridine rings is 1. The molecule has 2 aromatic heterocycles. The first-order chi connectivity index (χ1) is 18.4. The molecule has 0 unspecified atom stereocenters. The van der Waals surface area contributed by atoms with Crippen LogP contribution in [-0.4, -0.2) is 49.4 Å². The second-order valence-corrected chi connectivity index (χ2v) is 11.9. The Morgan fingerprint density at radius 2 is 1.72 bits per heavy atom. The Morgan fingerprint density at radius 3 is 2.33 bits per heavy atom. The largest absolute Gasteiger partial charge is 0.464 e. The van der Waals surface area contributed by atoms with E-state index in [1.807, 2.05) is 70.0 Å². The second-order valence-electron chi connectivity index (χ2n) is 10.3. The fourth-order valence-corrected chi connectivity index (χ4v) is 5.20. The van der Waals surface area contributed by atoms with Crippen molar-refractivity contribution in [2.45, 2.75) is 38.0 Å². The summed E-state index contributed by atoms with van der Waals surface area (Å²) in [5, 5.41) is 10.7. The van der Waals surface area contributed by atoms with Crippen LogP contribution in [0.4, 0.5) is 10.5 Å². The van der Waals surface area contributed by atoms with Crippen LogP contribution in [0.2, 0.25) is 0 Å². The van der Waals surface area contributed by atoms with Gasteiger partial charge in [0, 0.05) is 42.0 Å². The lowest BCUT2D eigenvalue weighted by molar-refractivity contribution is 0.197. The van der Waals surface area contributed by atoms with E-state index in [-0.39, 0.29) is 16.9 Å². The van der Waals surface area contributed by atoms with Crippen LogP contribution in [0.1, 0.15) is 43.2 Å². The number of aryl methyl sites for hydroxylation is 1. The van der Waals surface area contributed by atoms with Crippen LogP contribution >= 0.6 is 0 Å². The molecular weight excluding hydrogens is 514 g/mol. The maximum Gasteiger partial charge on any atom is 0.418 e. The van der Waals surface area contributed by atoms with Gasteiger partial charge in [-0.15, -0.1) is 0 Å². The average molecular weight is 546 g/mol. The van der Waals surface area contributed by atoms with Gasteiger partial charge in [0.05, 0.1) is 11.5 Å². The zero-order valence-corrected chi connectivity index (χ0v) is 23.4. The number of hydrogen-bond acceptors (Lipinski definition) is 6. The Bertz CT molecular complexity index is 1670. The van der Waals surface area contributed by atoms with Crippen molar-refractivity contribution in [3.05, 3.63) is 89.2 Å². The third-order valence-electron chi connectivity index (χ3n) is 6.28. The van der Waals surface area contributed by atoms with Gasteiger partial charge in [0.15, 0.2) is 5.65 Å². The number of nitrogens with zero attached hydrogens (tertiary/aromatic N) is 3. The number of carbonyl (C=O) groups is 1. The van der Waals surface area contributed by atoms with Crippen LogP contribution in [0.25, 0.3) is 11.0 Å². The van der Waals surface area contributed by atoms with Crippen molar-refractivity contribution < 1.29 is 22.5 Å². The number of anilines is 1. The molecule has 9 heteroatoms. The lowest BCUT2D eigenvalue weighted by Gasteiger charge is -2.19. The highest BCUT2D eigenvalue weighted by atomic mass is 32.2. The topological polar surface area (TPSA) is 102 Å². The minimum Gasteiger partial charge on any atom is -0.464 e. The van der Waals surface area contributed by atoms with Crippen LogP contribution in [-0.2, 0) is 19.7 Å². The Balaban J connectivity index is 1.51. The van der Waals surface area contributed by atoms with Gasteiger partial charge in [0.2, 0.25) is 0 Å². The van der Waals surface area contributed by atoms with Gasteiger partial charge in [-0.1, -0.05) is 44.4 Å². The van der Waals surface area contributed by atoms with Crippen molar-refractivity contribution in [1.82, 2.24) is 9.55 Å². The Morgan fingerprint density at radius 1 is 1.05 bits per heavy atom. The predicted octanol–water partition coefficient (Wildman–Crippen LogP) is 5.41. The van der Waals surface area contributed by atoms with Gasteiger partial charge in [0.25, 0.3) is 10.1 Å². The van der Waals surface area contributed by atoms with Crippen LogP contribution in [0.5, 0.6) is 0 Å². The minimum atomic E-state index is -3.82. The summed E-state index contributed by atoms with van der Waals surface area (Å²) >= 11 is 0. The highest BCUT2D eigenvalue weighted by Crippen LogP contribution is 2.34. The molecule has 2 aromatic carbocycles. The normalized spacial score (nSPS) is 11.7. The predicted molar refractivity (Wildman–Crippen MR) is 152 cm³/mol. The molecule has 0 spiro atoms. The molecule has 0 atom stereocenters. The van der Waals surface area contributed by atoms with Gasteiger partial charge in [-0.3, -0.25) is 4.18 Å². The zero-order valence-electron chi connectivity index (χ0n) is 22.6. The number of carboxylic acid groups (broad SMARTS) is 1. The standard InChI is InChI=1S/C30H31N3O5S/c1-21-8-15-24(16-9-21)39(36,37)38-20-19-32(5)23-13-10-22(11-14-23)12-17-26-27(30(2,3)4)25-7-6-18-31-28(25)33(26)29(34)35/h6-11,13-16,18H,19-20H2,1-5H3,(H,34,35). The molecule has 39 heavy (non-hydrogen) atoms. The van der Waals surface area contributed by atoms with Crippen molar-refractivity contribution in [3.8, 4) is 11.8 Å². The maximum atomic E-state index is 12.4. The molecule has 202 valence electrons. The van der Waals surface area contributed by atoms with Gasteiger partial charge < -0.3 is 10.0 Å². The van der Waals surface area contributed by atoms with Crippen LogP contribution < -0.4 is 4.90 Å². The van der Waals surface area contributed by atoms with Crippen LogP contribution in [0, 0.1) is 18.8 Å². The van der Waals surface area contributed by atoms with Gasteiger partial charge in [-0.25, -0.2) is 14.3 Å². The van der Waals surface area contributed by atoms with E-state index in [1.54, 1.807) is 24.4 Å². The van der Waals surface area contributed by atoms with E-state index in [0.29, 0.717) is 23.4 Å². The third kappa shape index (κ3) is 6.14.